The number of amidine groups is 1. The molecule has 0 aromatic carbocycles. The van der Waals surface area contributed by atoms with Gasteiger partial charge in [-0.3, -0.25) is 0 Å². The Labute approximate surface area is 101 Å². The Hall–Kier alpha value is -0.490. The van der Waals surface area contributed by atoms with E-state index in [-0.39, 0.29) is 0 Å². The molecular formula is C9H11BrN4S. The molecule has 1 fully saturated rings. The number of rotatable bonds is 1. The molecule has 0 aliphatic carbocycles. The molecule has 0 aromatic rings. The van der Waals surface area contributed by atoms with E-state index in [1.807, 2.05) is 18.1 Å². The van der Waals surface area contributed by atoms with Crippen LogP contribution in [0.5, 0.6) is 0 Å². The van der Waals surface area contributed by atoms with Gasteiger partial charge < -0.3 is 10.2 Å². The van der Waals surface area contributed by atoms with Gasteiger partial charge in [0.1, 0.15) is 17.4 Å². The summed E-state index contributed by atoms with van der Waals surface area (Å²) in [4.78, 5) is 10.9. The maximum atomic E-state index is 4.37. The largest absolute Gasteiger partial charge is 0.361 e. The number of hydrogen-bond donors (Lipinski definition) is 1. The Morgan fingerprint density at radius 3 is 3.47 bits per heavy atom. The quantitative estimate of drug-likeness (QED) is 0.740. The summed E-state index contributed by atoms with van der Waals surface area (Å²) in [5, 5.41) is 5.56. The van der Waals surface area contributed by atoms with E-state index in [0.29, 0.717) is 12.7 Å². The standard InChI is InChI=1S/C9H11BrN4S/c10-3-6-1-2-15-9-7-8(12-4-11-7)13-5-14(6)9/h5-6,11H,1-4H2. The third-order valence-electron chi connectivity index (χ3n) is 2.72. The minimum Gasteiger partial charge on any atom is -0.361 e. The molecule has 3 aliphatic heterocycles. The highest BCUT2D eigenvalue weighted by Crippen LogP contribution is 2.35. The smallest absolute Gasteiger partial charge is 0.177 e. The highest BCUT2D eigenvalue weighted by atomic mass is 79.9. The number of aliphatic imine (C=N–C) groups is 2. The summed E-state index contributed by atoms with van der Waals surface area (Å²) in [5.41, 5.74) is 1.12. The molecule has 1 unspecified atom stereocenters. The minimum absolute atomic E-state index is 0.529. The molecular weight excluding hydrogens is 276 g/mol. The average molecular weight is 287 g/mol. The van der Waals surface area contributed by atoms with E-state index in [9.17, 15) is 0 Å². The molecule has 1 atom stereocenters. The van der Waals surface area contributed by atoms with Gasteiger partial charge in [-0.2, -0.15) is 0 Å². The minimum atomic E-state index is 0.529. The van der Waals surface area contributed by atoms with E-state index in [2.05, 4.69) is 36.1 Å². The number of nitrogens with one attached hydrogen (secondary N) is 1. The number of nitrogens with zero attached hydrogens (tertiary/aromatic N) is 3. The van der Waals surface area contributed by atoms with Crippen LogP contribution in [-0.2, 0) is 0 Å². The van der Waals surface area contributed by atoms with Gasteiger partial charge in [0.05, 0.1) is 6.34 Å². The van der Waals surface area contributed by atoms with Crippen LogP contribution in [-0.4, -0.2) is 40.9 Å². The molecule has 3 rings (SSSR count). The van der Waals surface area contributed by atoms with Crippen molar-refractivity contribution in [3.05, 3.63) is 10.7 Å². The van der Waals surface area contributed by atoms with Crippen LogP contribution in [0.15, 0.2) is 20.7 Å². The van der Waals surface area contributed by atoms with Crippen molar-refractivity contribution in [2.24, 2.45) is 9.98 Å². The van der Waals surface area contributed by atoms with Crippen molar-refractivity contribution >= 4 is 39.9 Å². The predicted molar refractivity (Wildman–Crippen MR) is 67.5 cm³/mol. The summed E-state index contributed by atoms with van der Waals surface area (Å²) >= 11 is 5.45. The number of thioether (sulfide) groups is 1. The zero-order valence-corrected chi connectivity index (χ0v) is 10.5. The van der Waals surface area contributed by atoms with Crippen molar-refractivity contribution in [1.29, 1.82) is 0 Å². The molecule has 6 heteroatoms. The lowest BCUT2D eigenvalue weighted by molar-refractivity contribution is 0.415. The zero-order valence-electron chi connectivity index (χ0n) is 8.11. The van der Waals surface area contributed by atoms with Crippen molar-refractivity contribution in [3.8, 4) is 0 Å². The third-order valence-corrected chi connectivity index (χ3v) is 4.60. The molecule has 80 valence electrons. The van der Waals surface area contributed by atoms with Crippen molar-refractivity contribution in [2.45, 2.75) is 12.5 Å². The maximum Gasteiger partial charge on any atom is 0.177 e. The lowest BCUT2D eigenvalue weighted by Crippen LogP contribution is -2.41. The van der Waals surface area contributed by atoms with Gasteiger partial charge in [-0.25, -0.2) is 9.98 Å². The average Bonchev–Trinajstić information content (AvgIpc) is 2.76. The summed E-state index contributed by atoms with van der Waals surface area (Å²) in [5.74, 6) is 2.04. The Morgan fingerprint density at radius 1 is 1.67 bits per heavy atom. The third kappa shape index (κ3) is 1.50. The summed E-state index contributed by atoms with van der Waals surface area (Å²) in [6.45, 7) is 0.666. The number of alkyl halides is 1. The normalized spacial score (nSPS) is 28.5. The lowest BCUT2D eigenvalue weighted by atomic mass is 10.2. The summed E-state index contributed by atoms with van der Waals surface area (Å²) in [6.07, 6.45) is 3.12. The van der Waals surface area contributed by atoms with Gasteiger partial charge in [-0.05, 0) is 6.42 Å². The van der Waals surface area contributed by atoms with E-state index in [1.54, 1.807) is 0 Å². The molecule has 0 bridgehead atoms. The van der Waals surface area contributed by atoms with Gasteiger partial charge in [0.2, 0.25) is 0 Å². The Morgan fingerprint density at radius 2 is 2.60 bits per heavy atom. The van der Waals surface area contributed by atoms with Gasteiger partial charge in [-0.15, -0.1) is 11.8 Å². The highest BCUT2D eigenvalue weighted by molar-refractivity contribution is 9.09. The second kappa shape index (κ2) is 3.83. The SMILES string of the molecule is BrCC1CCSC2=C3NCN=C3N=CN21. The summed E-state index contributed by atoms with van der Waals surface area (Å²) in [6, 6.07) is 0.529. The molecule has 1 N–H and O–H groups in total. The lowest BCUT2D eigenvalue weighted by Gasteiger charge is -2.37. The van der Waals surface area contributed by atoms with Gasteiger partial charge >= 0.3 is 0 Å². The zero-order chi connectivity index (χ0) is 10.3. The molecule has 4 nitrogen and oxygen atoms in total. The molecule has 0 radical (unpaired) electrons. The first-order chi connectivity index (χ1) is 7.40. The van der Waals surface area contributed by atoms with Crippen LogP contribution in [0.3, 0.4) is 0 Å². The Kier molecular flexibility index (Phi) is 2.48. The van der Waals surface area contributed by atoms with E-state index in [0.717, 1.165) is 16.9 Å². The van der Waals surface area contributed by atoms with Gasteiger partial charge in [0, 0.05) is 17.1 Å². The van der Waals surface area contributed by atoms with Crippen LogP contribution in [0.4, 0.5) is 0 Å². The molecule has 15 heavy (non-hydrogen) atoms. The summed E-state index contributed by atoms with van der Waals surface area (Å²) in [7, 11) is 0. The van der Waals surface area contributed by atoms with E-state index >= 15 is 0 Å². The van der Waals surface area contributed by atoms with Gasteiger partial charge in [0.15, 0.2) is 5.84 Å². The number of fused-ring (bicyclic) bond motifs is 2. The van der Waals surface area contributed by atoms with Crippen LogP contribution in [0.2, 0.25) is 0 Å². The van der Waals surface area contributed by atoms with Crippen LogP contribution < -0.4 is 5.32 Å². The van der Waals surface area contributed by atoms with Crippen LogP contribution >= 0.6 is 27.7 Å². The Bertz CT molecular complexity index is 376. The number of hydrogen-bond acceptors (Lipinski definition) is 5. The van der Waals surface area contributed by atoms with Crippen LogP contribution in [0.25, 0.3) is 0 Å². The van der Waals surface area contributed by atoms with Crippen molar-refractivity contribution in [1.82, 2.24) is 10.2 Å². The molecule has 0 saturated carbocycles. The van der Waals surface area contributed by atoms with Crippen molar-refractivity contribution in [2.75, 3.05) is 17.8 Å². The molecule has 0 spiro atoms. The van der Waals surface area contributed by atoms with E-state index in [1.165, 1.54) is 17.2 Å². The summed E-state index contributed by atoms with van der Waals surface area (Å²) < 4.78 is 0. The van der Waals surface area contributed by atoms with Crippen molar-refractivity contribution in [3.63, 3.8) is 0 Å². The topological polar surface area (TPSA) is 40.0 Å². The van der Waals surface area contributed by atoms with E-state index < -0.39 is 0 Å². The monoisotopic (exact) mass is 286 g/mol. The fraction of sp³-hybridized carbons (Fsp3) is 0.556. The Balaban J connectivity index is 1.99. The first-order valence-corrected chi connectivity index (χ1v) is 7.05. The second-order valence-electron chi connectivity index (χ2n) is 3.59. The second-order valence-corrected chi connectivity index (χ2v) is 5.32. The first kappa shape index (κ1) is 9.72. The molecule has 3 aliphatic rings. The van der Waals surface area contributed by atoms with Gasteiger partial charge in [-0.1, -0.05) is 15.9 Å². The molecule has 0 aromatic heterocycles. The maximum absolute atomic E-state index is 4.37. The highest BCUT2D eigenvalue weighted by Gasteiger charge is 2.32. The number of halogens is 1. The molecule has 0 amide bonds. The van der Waals surface area contributed by atoms with Gasteiger partial charge in [0.25, 0.3) is 0 Å². The molecule has 1 saturated heterocycles. The first-order valence-electron chi connectivity index (χ1n) is 4.94. The van der Waals surface area contributed by atoms with Crippen LogP contribution in [0, 0.1) is 0 Å². The van der Waals surface area contributed by atoms with E-state index in [4.69, 9.17) is 0 Å². The fourth-order valence-corrected chi connectivity index (χ4v) is 3.79. The van der Waals surface area contributed by atoms with Crippen LogP contribution in [0.1, 0.15) is 6.42 Å². The molecule has 3 heterocycles. The predicted octanol–water partition coefficient (Wildman–Crippen LogP) is 1.36. The van der Waals surface area contributed by atoms with Crippen molar-refractivity contribution < 1.29 is 0 Å². The fourth-order valence-electron chi connectivity index (χ4n) is 1.92.